The van der Waals surface area contributed by atoms with Gasteiger partial charge in [-0.25, -0.2) is 8.42 Å². The summed E-state index contributed by atoms with van der Waals surface area (Å²) in [5.41, 5.74) is 0.542. The Bertz CT molecular complexity index is 901. The summed E-state index contributed by atoms with van der Waals surface area (Å²) >= 11 is 0. The SMILES string of the molecule is CC[C@H](C(=O)Nc1ccc(OC(F)(F)F)cc1)N(c1ccccc1)S(C)(=O)=O. The monoisotopic (exact) mass is 416 g/mol. The summed E-state index contributed by atoms with van der Waals surface area (Å²) < 4.78 is 66.0. The second-order valence-corrected chi connectivity index (χ2v) is 7.74. The number of benzene rings is 2. The van der Waals surface area contributed by atoms with Crippen LogP contribution in [0.5, 0.6) is 5.75 Å². The van der Waals surface area contributed by atoms with Gasteiger partial charge in [0.2, 0.25) is 15.9 Å². The second kappa shape index (κ2) is 8.51. The van der Waals surface area contributed by atoms with Crippen LogP contribution in [0, 0.1) is 0 Å². The first kappa shape index (κ1) is 21.5. The van der Waals surface area contributed by atoms with Crippen molar-refractivity contribution in [3.8, 4) is 5.75 Å². The smallest absolute Gasteiger partial charge is 0.406 e. The normalized spacial score (nSPS) is 12.9. The molecule has 10 heteroatoms. The molecule has 1 atom stereocenters. The first-order valence-corrected chi connectivity index (χ1v) is 10.1. The van der Waals surface area contributed by atoms with Gasteiger partial charge in [0.15, 0.2) is 0 Å². The number of nitrogens with zero attached hydrogens (tertiary/aromatic N) is 1. The van der Waals surface area contributed by atoms with Gasteiger partial charge in [-0.05, 0) is 42.8 Å². The minimum Gasteiger partial charge on any atom is -0.406 e. The number of hydrogen-bond donors (Lipinski definition) is 1. The lowest BCUT2D eigenvalue weighted by atomic mass is 10.2. The average Bonchev–Trinajstić information content (AvgIpc) is 2.59. The summed E-state index contributed by atoms with van der Waals surface area (Å²) in [4.78, 5) is 12.7. The van der Waals surface area contributed by atoms with Crippen LogP contribution < -0.4 is 14.4 Å². The second-order valence-electron chi connectivity index (χ2n) is 5.88. The van der Waals surface area contributed by atoms with Crippen LogP contribution in [-0.4, -0.2) is 33.0 Å². The number of para-hydroxylation sites is 1. The fourth-order valence-electron chi connectivity index (χ4n) is 2.60. The lowest BCUT2D eigenvalue weighted by molar-refractivity contribution is -0.274. The molecule has 0 saturated carbocycles. The van der Waals surface area contributed by atoms with Crippen molar-refractivity contribution in [1.29, 1.82) is 0 Å². The summed E-state index contributed by atoms with van der Waals surface area (Å²) in [6.45, 7) is 1.66. The maximum absolute atomic E-state index is 12.7. The van der Waals surface area contributed by atoms with E-state index in [2.05, 4.69) is 10.1 Å². The van der Waals surface area contributed by atoms with Crippen LogP contribution in [0.4, 0.5) is 24.5 Å². The Morgan fingerprint density at radius 3 is 2.14 bits per heavy atom. The Kier molecular flexibility index (Phi) is 6.55. The molecule has 6 nitrogen and oxygen atoms in total. The Morgan fingerprint density at radius 1 is 1.11 bits per heavy atom. The highest BCUT2D eigenvalue weighted by molar-refractivity contribution is 7.92. The number of carbonyl (C=O) groups excluding carboxylic acids is 1. The predicted octanol–water partition coefficient (Wildman–Crippen LogP) is 3.77. The van der Waals surface area contributed by atoms with Gasteiger partial charge in [-0.3, -0.25) is 9.10 Å². The van der Waals surface area contributed by atoms with Crippen molar-refractivity contribution >= 4 is 27.3 Å². The van der Waals surface area contributed by atoms with E-state index in [4.69, 9.17) is 0 Å². The van der Waals surface area contributed by atoms with E-state index in [-0.39, 0.29) is 12.1 Å². The van der Waals surface area contributed by atoms with E-state index >= 15 is 0 Å². The third kappa shape index (κ3) is 5.88. The summed E-state index contributed by atoms with van der Waals surface area (Å²) in [5.74, 6) is -1.04. The molecule has 0 bridgehead atoms. The Labute approximate surface area is 161 Å². The maximum atomic E-state index is 12.7. The number of halogens is 3. The van der Waals surface area contributed by atoms with E-state index in [0.29, 0.717) is 5.69 Å². The summed E-state index contributed by atoms with van der Waals surface area (Å²) in [6, 6.07) is 11.7. The van der Waals surface area contributed by atoms with Crippen LogP contribution in [0.15, 0.2) is 54.6 Å². The standard InChI is InChI=1S/C18H19F3N2O4S/c1-3-16(23(28(2,25)26)14-7-5-4-6-8-14)17(24)22-13-9-11-15(12-10-13)27-18(19,20)21/h4-12,16H,3H2,1-2H3,(H,22,24)/t16-/m1/s1. The Morgan fingerprint density at radius 2 is 1.68 bits per heavy atom. The van der Waals surface area contributed by atoms with E-state index in [1.807, 2.05) is 0 Å². The van der Waals surface area contributed by atoms with E-state index < -0.39 is 34.1 Å². The molecule has 0 aliphatic rings. The van der Waals surface area contributed by atoms with Crippen LogP contribution >= 0.6 is 0 Å². The molecule has 2 aromatic carbocycles. The average molecular weight is 416 g/mol. The number of sulfonamides is 1. The number of nitrogens with one attached hydrogen (secondary N) is 1. The molecule has 0 aromatic heterocycles. The quantitative estimate of drug-likeness (QED) is 0.746. The summed E-state index contributed by atoms with van der Waals surface area (Å²) in [7, 11) is -3.77. The fourth-order valence-corrected chi connectivity index (χ4v) is 3.81. The van der Waals surface area contributed by atoms with E-state index in [1.54, 1.807) is 37.3 Å². The van der Waals surface area contributed by atoms with Gasteiger partial charge in [0.05, 0.1) is 11.9 Å². The van der Waals surface area contributed by atoms with E-state index in [0.717, 1.165) is 22.7 Å². The zero-order valence-corrected chi connectivity index (χ0v) is 15.9. The van der Waals surface area contributed by atoms with Gasteiger partial charge in [0.25, 0.3) is 0 Å². The van der Waals surface area contributed by atoms with Gasteiger partial charge in [-0.15, -0.1) is 13.2 Å². The van der Waals surface area contributed by atoms with Crippen molar-refractivity contribution in [2.45, 2.75) is 25.7 Å². The van der Waals surface area contributed by atoms with Crippen molar-refractivity contribution < 1.29 is 31.1 Å². The number of amides is 1. The topological polar surface area (TPSA) is 75.7 Å². The molecule has 0 radical (unpaired) electrons. The largest absolute Gasteiger partial charge is 0.573 e. The van der Waals surface area contributed by atoms with E-state index in [9.17, 15) is 26.4 Å². The van der Waals surface area contributed by atoms with Crippen molar-refractivity contribution in [3.63, 3.8) is 0 Å². The molecule has 2 rings (SSSR count). The maximum Gasteiger partial charge on any atom is 0.573 e. The molecular formula is C18H19F3N2O4S. The van der Waals surface area contributed by atoms with Gasteiger partial charge in [0.1, 0.15) is 11.8 Å². The van der Waals surface area contributed by atoms with Crippen molar-refractivity contribution in [1.82, 2.24) is 0 Å². The van der Waals surface area contributed by atoms with Gasteiger partial charge >= 0.3 is 6.36 Å². The molecule has 0 fully saturated rings. The Hall–Kier alpha value is -2.75. The van der Waals surface area contributed by atoms with Gasteiger partial charge < -0.3 is 10.1 Å². The molecule has 0 heterocycles. The molecule has 0 saturated heterocycles. The molecule has 1 N–H and O–H groups in total. The van der Waals surface area contributed by atoms with Crippen molar-refractivity contribution in [3.05, 3.63) is 54.6 Å². The molecule has 0 unspecified atom stereocenters. The van der Waals surface area contributed by atoms with Crippen LogP contribution in [-0.2, 0) is 14.8 Å². The summed E-state index contributed by atoms with van der Waals surface area (Å²) in [6.07, 6.45) is -3.63. The minimum absolute atomic E-state index is 0.184. The third-order valence-corrected chi connectivity index (χ3v) is 4.88. The number of carbonyl (C=O) groups is 1. The third-order valence-electron chi connectivity index (χ3n) is 3.70. The molecule has 0 aliphatic carbocycles. The van der Waals surface area contributed by atoms with Crippen LogP contribution in [0.25, 0.3) is 0 Å². The molecule has 2 aromatic rings. The number of hydrogen-bond acceptors (Lipinski definition) is 4. The highest BCUT2D eigenvalue weighted by atomic mass is 32.2. The van der Waals surface area contributed by atoms with Crippen LogP contribution in [0.2, 0.25) is 0 Å². The van der Waals surface area contributed by atoms with E-state index in [1.165, 1.54) is 12.1 Å². The lowest BCUT2D eigenvalue weighted by Gasteiger charge is -2.30. The van der Waals surface area contributed by atoms with Crippen molar-refractivity contribution in [2.75, 3.05) is 15.9 Å². The molecular weight excluding hydrogens is 397 g/mol. The molecule has 1 amide bonds. The highest BCUT2D eigenvalue weighted by Gasteiger charge is 2.32. The van der Waals surface area contributed by atoms with Gasteiger partial charge in [-0.1, -0.05) is 25.1 Å². The highest BCUT2D eigenvalue weighted by Crippen LogP contribution is 2.25. The molecule has 152 valence electrons. The number of rotatable bonds is 7. The summed E-state index contributed by atoms with van der Waals surface area (Å²) in [5, 5.41) is 2.52. The fraction of sp³-hybridized carbons (Fsp3) is 0.278. The van der Waals surface area contributed by atoms with Crippen LogP contribution in [0.1, 0.15) is 13.3 Å². The van der Waals surface area contributed by atoms with Crippen molar-refractivity contribution in [2.24, 2.45) is 0 Å². The Balaban J connectivity index is 2.22. The number of alkyl halides is 3. The zero-order chi connectivity index (χ0) is 20.9. The first-order valence-electron chi connectivity index (χ1n) is 8.22. The minimum atomic E-state index is -4.82. The van der Waals surface area contributed by atoms with Crippen LogP contribution in [0.3, 0.4) is 0 Å². The number of anilines is 2. The zero-order valence-electron chi connectivity index (χ0n) is 15.1. The predicted molar refractivity (Wildman–Crippen MR) is 99.6 cm³/mol. The molecule has 0 aliphatic heterocycles. The molecule has 0 spiro atoms. The molecule has 28 heavy (non-hydrogen) atoms. The first-order chi connectivity index (χ1) is 13.0. The van der Waals surface area contributed by atoms with Gasteiger partial charge in [-0.2, -0.15) is 0 Å². The lowest BCUT2D eigenvalue weighted by Crippen LogP contribution is -2.46. The van der Waals surface area contributed by atoms with Gasteiger partial charge in [0, 0.05) is 5.69 Å². The number of ether oxygens (including phenoxy) is 1.